The molecule has 50 heavy (non-hydrogen) atoms. The van der Waals surface area contributed by atoms with Crippen LogP contribution in [0.2, 0.25) is 0 Å². The van der Waals surface area contributed by atoms with Crippen molar-refractivity contribution in [3.63, 3.8) is 0 Å². The van der Waals surface area contributed by atoms with Crippen molar-refractivity contribution in [2.45, 2.75) is 149 Å². The van der Waals surface area contributed by atoms with Crippen molar-refractivity contribution in [1.29, 1.82) is 0 Å². The molecule has 0 heterocycles. The average molecular weight is 778 g/mol. The Hall–Kier alpha value is -1.32. The molecule has 2 aliphatic rings. The molecule has 2 rings (SSSR count). The van der Waals surface area contributed by atoms with E-state index in [1.165, 1.54) is 13.8 Å². The predicted octanol–water partition coefficient (Wildman–Crippen LogP) is 1.26. The fourth-order valence-electron chi connectivity index (χ4n) is 6.95. The molecule has 280 valence electrons. The van der Waals surface area contributed by atoms with Gasteiger partial charge in [-0.1, -0.05) is 25.7 Å². The molecule has 0 aromatic carbocycles. The third-order valence-electron chi connectivity index (χ3n) is 8.96. The molecule has 0 bridgehead atoms. The van der Waals surface area contributed by atoms with Gasteiger partial charge in [0.1, 0.15) is 18.3 Å². The van der Waals surface area contributed by atoms with Crippen LogP contribution in [0.4, 0.5) is 0 Å². The Morgan fingerprint density at radius 1 is 0.820 bits per heavy atom. The van der Waals surface area contributed by atoms with Crippen LogP contribution in [-0.4, -0.2) is 117 Å². The number of rotatable bonds is 11. The van der Waals surface area contributed by atoms with Crippen molar-refractivity contribution in [2.75, 3.05) is 33.0 Å². The fraction of sp³-hybridized carbons (Fsp3) is 0.769. The minimum Gasteiger partial charge on any atom is -1.00 e. The SMILES string of the molecule is CC#CC1(O)C(OCC)C(C)CCC1(OCC)C(C)(O)C#COCC.CC#CC1(O)C(OCC)C(C)CCC1(OCC)C(C)=O.[Br-].[C-]#CC.[Mg+2]. The molecule has 11 heteroatoms. The molecule has 3 N–H and O–H groups in total. The summed E-state index contributed by atoms with van der Waals surface area (Å²) in [6, 6.07) is 0. The topological polar surface area (TPSA) is 124 Å². The number of carbonyl (C=O) groups is 1. The van der Waals surface area contributed by atoms with Gasteiger partial charge in [0.25, 0.3) is 0 Å². The van der Waals surface area contributed by atoms with Gasteiger partial charge in [0, 0.05) is 26.4 Å². The summed E-state index contributed by atoms with van der Waals surface area (Å²) < 4.78 is 28.4. The molecular weight excluding hydrogens is 717 g/mol. The van der Waals surface area contributed by atoms with Crippen molar-refractivity contribution in [3.8, 4) is 41.6 Å². The zero-order chi connectivity index (χ0) is 37.2. The van der Waals surface area contributed by atoms with Crippen molar-refractivity contribution in [3.05, 3.63) is 6.42 Å². The standard InChI is InChI=1S/C20H32O5.C16H26O4.C3H3.BrH.Mg/c1-7-12-19(22)17(24-9-3)16(5)11-13-20(19,25-10-4)18(6,21)14-15-23-8-2;1-6-10-15(18)14(19-7-2)12(4)9-11-16(15,13(5)17)20-8-3;1-3-2;;/h16-17,21-22H,8-11,13H2,1-6H3;12,14,18H,7-9,11H2,1-5H3;1H3;1H;/q;;-1;;+2/p-1. The van der Waals surface area contributed by atoms with Crippen LogP contribution in [0, 0.1) is 59.9 Å². The van der Waals surface area contributed by atoms with E-state index in [0.717, 1.165) is 6.42 Å². The zero-order valence-electron chi connectivity index (χ0n) is 32.5. The van der Waals surface area contributed by atoms with Gasteiger partial charge in [-0.15, -0.1) is 11.8 Å². The molecule has 9 nitrogen and oxygen atoms in total. The Kier molecular flexibility index (Phi) is 26.3. The summed E-state index contributed by atoms with van der Waals surface area (Å²) in [6.07, 6.45) is 9.70. The van der Waals surface area contributed by atoms with Crippen LogP contribution in [0.5, 0.6) is 0 Å². The Morgan fingerprint density at radius 3 is 1.66 bits per heavy atom. The van der Waals surface area contributed by atoms with Crippen LogP contribution in [0.3, 0.4) is 0 Å². The van der Waals surface area contributed by atoms with Gasteiger partial charge in [-0.3, -0.25) is 4.79 Å². The normalized spacial score (nSPS) is 32.0. The molecule has 9 atom stereocenters. The third-order valence-corrected chi connectivity index (χ3v) is 8.96. The second kappa shape index (κ2) is 24.8. The van der Waals surface area contributed by atoms with E-state index in [4.69, 9.17) is 30.1 Å². The van der Waals surface area contributed by atoms with Crippen molar-refractivity contribution in [2.24, 2.45) is 11.8 Å². The number of ketones is 1. The van der Waals surface area contributed by atoms with E-state index in [1.807, 2.05) is 54.4 Å². The Balaban J connectivity index is -0.000000803. The molecule has 0 spiro atoms. The number of hydrogen-bond donors (Lipinski definition) is 3. The van der Waals surface area contributed by atoms with E-state index < -0.39 is 40.2 Å². The van der Waals surface area contributed by atoms with Gasteiger partial charge in [0.15, 0.2) is 33.8 Å². The predicted molar refractivity (Wildman–Crippen MR) is 192 cm³/mol. The molecule has 0 aromatic rings. The van der Waals surface area contributed by atoms with Crippen LogP contribution in [-0.2, 0) is 28.5 Å². The van der Waals surface area contributed by atoms with Crippen LogP contribution >= 0.6 is 0 Å². The molecular formula is C39H61BrMgO9. The summed E-state index contributed by atoms with van der Waals surface area (Å²) in [7, 11) is 0. The van der Waals surface area contributed by atoms with Gasteiger partial charge in [-0.2, -0.15) is 0 Å². The first-order chi connectivity index (χ1) is 22.6. The third kappa shape index (κ3) is 11.6. The molecule has 0 saturated heterocycles. The van der Waals surface area contributed by atoms with Gasteiger partial charge >= 0.3 is 23.1 Å². The second-order valence-corrected chi connectivity index (χ2v) is 12.1. The molecule has 2 aliphatic carbocycles. The van der Waals surface area contributed by atoms with Crippen LogP contribution in [0.25, 0.3) is 0 Å². The summed E-state index contributed by atoms with van der Waals surface area (Å²) in [5, 5.41) is 34.1. The minimum absolute atomic E-state index is 0. The number of hydrogen-bond acceptors (Lipinski definition) is 9. The Labute approximate surface area is 329 Å². The number of Topliss-reactive ketones (excluding diaryl/α,β-unsaturated/α-hetero) is 1. The van der Waals surface area contributed by atoms with E-state index in [9.17, 15) is 20.1 Å². The quantitative estimate of drug-likeness (QED) is 0.162. The smallest absolute Gasteiger partial charge is 1.00 e. The molecule has 0 aliphatic heterocycles. The summed E-state index contributed by atoms with van der Waals surface area (Å²) >= 11 is 0. The van der Waals surface area contributed by atoms with Crippen molar-refractivity contribution in [1.82, 2.24) is 0 Å². The van der Waals surface area contributed by atoms with E-state index >= 15 is 0 Å². The Morgan fingerprint density at radius 2 is 1.26 bits per heavy atom. The van der Waals surface area contributed by atoms with Gasteiger partial charge in [0.05, 0.1) is 6.61 Å². The zero-order valence-corrected chi connectivity index (χ0v) is 35.5. The maximum atomic E-state index is 12.2. The van der Waals surface area contributed by atoms with E-state index in [2.05, 4.69) is 35.7 Å². The van der Waals surface area contributed by atoms with Gasteiger partial charge in [0.2, 0.25) is 0 Å². The molecule has 0 aromatic heterocycles. The first-order valence-electron chi connectivity index (χ1n) is 17.1. The van der Waals surface area contributed by atoms with Gasteiger partial charge < -0.3 is 68.3 Å². The summed E-state index contributed by atoms with van der Waals surface area (Å²) in [4.78, 5) is 12.2. The minimum atomic E-state index is -1.70. The van der Waals surface area contributed by atoms with Crippen molar-refractivity contribution < 1.29 is 60.8 Å². The van der Waals surface area contributed by atoms with E-state index in [-0.39, 0.29) is 57.7 Å². The number of aliphatic hydroxyl groups is 3. The maximum Gasteiger partial charge on any atom is 2.00 e. The summed E-state index contributed by atoms with van der Waals surface area (Å²) in [5.74, 6) is 15.9. The number of halogens is 1. The Bertz CT molecular complexity index is 1240. The van der Waals surface area contributed by atoms with Crippen molar-refractivity contribution >= 4 is 28.8 Å². The molecule has 2 saturated carbocycles. The molecule has 2 fully saturated rings. The van der Waals surface area contributed by atoms with Crippen LogP contribution in [0.15, 0.2) is 0 Å². The van der Waals surface area contributed by atoms with Crippen LogP contribution in [0.1, 0.15) is 109 Å². The summed E-state index contributed by atoms with van der Waals surface area (Å²) in [5.41, 5.74) is -7.68. The summed E-state index contributed by atoms with van der Waals surface area (Å²) in [6.45, 7) is 23.0. The van der Waals surface area contributed by atoms with Gasteiger partial charge in [-0.05, 0) is 113 Å². The fourth-order valence-corrected chi connectivity index (χ4v) is 6.95. The largest absolute Gasteiger partial charge is 2.00 e. The molecule has 0 amide bonds. The first kappa shape index (κ1) is 53.0. The average Bonchev–Trinajstić information content (AvgIpc) is 3.01. The maximum absolute atomic E-state index is 12.2. The number of ether oxygens (including phenoxy) is 5. The molecule has 0 radical (unpaired) electrons. The van der Waals surface area contributed by atoms with Crippen LogP contribution < -0.4 is 17.0 Å². The molecule has 9 unspecified atom stereocenters. The van der Waals surface area contributed by atoms with E-state index in [0.29, 0.717) is 52.3 Å². The monoisotopic (exact) mass is 776 g/mol. The van der Waals surface area contributed by atoms with E-state index in [1.54, 1.807) is 20.8 Å². The number of carbonyl (C=O) groups excluding carboxylic acids is 1. The second-order valence-electron chi connectivity index (χ2n) is 12.1. The first-order valence-corrected chi connectivity index (χ1v) is 17.1. The van der Waals surface area contributed by atoms with Gasteiger partial charge in [-0.25, -0.2) is 0 Å².